The highest BCUT2D eigenvalue weighted by molar-refractivity contribution is 5.74. The van der Waals surface area contributed by atoms with Gasteiger partial charge >= 0.3 is 6.03 Å². The topological polar surface area (TPSA) is 58.4 Å². The normalized spacial score (nSPS) is 20.6. The molecule has 0 fully saturated rings. The molecule has 2 amide bonds. The van der Waals surface area contributed by atoms with E-state index < -0.39 is 0 Å². The van der Waals surface area contributed by atoms with Crippen molar-refractivity contribution in [1.82, 2.24) is 20.0 Å². The van der Waals surface area contributed by atoms with E-state index in [1.165, 1.54) is 0 Å². The molecule has 0 radical (unpaired) electrons. The van der Waals surface area contributed by atoms with E-state index in [9.17, 15) is 4.79 Å². The average Bonchev–Trinajstić information content (AvgIpc) is 2.94. The van der Waals surface area contributed by atoms with E-state index in [4.69, 9.17) is 0 Å². The maximum atomic E-state index is 12.0. The summed E-state index contributed by atoms with van der Waals surface area (Å²) in [4.78, 5) is 16.6. The van der Waals surface area contributed by atoms with Gasteiger partial charge in [-0.25, -0.2) is 9.78 Å². The molecular formula is C18H24N4O. The summed E-state index contributed by atoms with van der Waals surface area (Å²) >= 11 is 0. The van der Waals surface area contributed by atoms with E-state index >= 15 is 0 Å². The first-order valence-corrected chi connectivity index (χ1v) is 8.26. The van der Waals surface area contributed by atoms with Crippen LogP contribution in [0.4, 0.5) is 4.79 Å². The van der Waals surface area contributed by atoms with Crippen LogP contribution in [0.1, 0.15) is 31.2 Å². The van der Waals surface area contributed by atoms with Gasteiger partial charge in [0.1, 0.15) is 5.65 Å². The summed E-state index contributed by atoms with van der Waals surface area (Å²) in [7, 11) is 0. The van der Waals surface area contributed by atoms with Crippen LogP contribution in [0.25, 0.3) is 5.65 Å². The third kappa shape index (κ3) is 3.73. The smallest absolute Gasteiger partial charge is 0.315 e. The van der Waals surface area contributed by atoms with E-state index in [0.717, 1.165) is 36.3 Å². The van der Waals surface area contributed by atoms with Crippen LogP contribution in [0.5, 0.6) is 0 Å². The Morgan fingerprint density at radius 2 is 2.17 bits per heavy atom. The molecule has 1 aliphatic rings. The molecule has 0 unspecified atom stereocenters. The van der Waals surface area contributed by atoms with Gasteiger partial charge in [0.2, 0.25) is 0 Å². The van der Waals surface area contributed by atoms with Crippen molar-refractivity contribution < 1.29 is 4.79 Å². The third-order valence-corrected chi connectivity index (χ3v) is 4.48. The quantitative estimate of drug-likeness (QED) is 0.853. The zero-order chi connectivity index (χ0) is 16.2. The second kappa shape index (κ2) is 6.86. The third-order valence-electron chi connectivity index (χ3n) is 4.48. The molecule has 3 rings (SSSR count). The number of fused-ring (bicyclic) bond motifs is 1. The first-order valence-electron chi connectivity index (χ1n) is 8.26. The highest BCUT2D eigenvalue weighted by Gasteiger charge is 2.19. The average molecular weight is 312 g/mol. The van der Waals surface area contributed by atoms with Gasteiger partial charge in [-0.3, -0.25) is 0 Å². The maximum Gasteiger partial charge on any atom is 0.315 e. The number of hydrogen-bond donors (Lipinski definition) is 2. The van der Waals surface area contributed by atoms with E-state index in [-0.39, 0.29) is 12.1 Å². The highest BCUT2D eigenvalue weighted by atomic mass is 16.2. The van der Waals surface area contributed by atoms with E-state index in [1.54, 1.807) is 0 Å². The molecule has 122 valence electrons. The summed E-state index contributed by atoms with van der Waals surface area (Å²) < 4.78 is 2.07. The van der Waals surface area contributed by atoms with Crippen LogP contribution in [0.2, 0.25) is 0 Å². The number of nitrogens with one attached hydrogen (secondary N) is 2. The standard InChI is InChI=1S/C18H24N4O/c1-13-6-3-4-8-16(13)21-18(23)19-11-10-15-12-22-14(2)7-5-9-17(22)20-15/h3-5,7,9,12-13,16H,6,8,10-11H2,1-2H3,(H2,19,21,23)/t13-,16-/m1/s1. The molecule has 0 saturated heterocycles. The molecule has 0 spiro atoms. The first-order chi connectivity index (χ1) is 11.1. The lowest BCUT2D eigenvalue weighted by Gasteiger charge is -2.26. The minimum Gasteiger partial charge on any atom is -0.338 e. The highest BCUT2D eigenvalue weighted by Crippen LogP contribution is 2.17. The van der Waals surface area contributed by atoms with Crippen LogP contribution >= 0.6 is 0 Å². The molecule has 1 aliphatic carbocycles. The van der Waals surface area contributed by atoms with Crippen molar-refractivity contribution >= 4 is 11.7 Å². The zero-order valence-electron chi connectivity index (χ0n) is 13.7. The van der Waals surface area contributed by atoms with E-state index in [0.29, 0.717) is 12.5 Å². The number of imidazole rings is 1. The fourth-order valence-electron chi connectivity index (χ4n) is 2.99. The van der Waals surface area contributed by atoms with Crippen LogP contribution in [0.3, 0.4) is 0 Å². The Labute approximate surface area is 136 Å². The summed E-state index contributed by atoms with van der Waals surface area (Å²) in [5.41, 5.74) is 3.10. The fraction of sp³-hybridized carbons (Fsp3) is 0.444. The molecular weight excluding hydrogens is 288 g/mol. The Kier molecular flexibility index (Phi) is 4.65. The monoisotopic (exact) mass is 312 g/mol. The SMILES string of the molecule is Cc1cccc2nc(CCNC(=O)N[C@@H]3CC=CC[C@H]3C)cn12. The van der Waals surface area contributed by atoms with E-state index in [1.807, 2.05) is 18.3 Å². The van der Waals surface area contributed by atoms with Gasteiger partial charge in [0, 0.05) is 30.9 Å². The predicted molar refractivity (Wildman–Crippen MR) is 91.5 cm³/mol. The predicted octanol–water partition coefficient (Wildman–Crippen LogP) is 2.84. The van der Waals surface area contributed by atoms with Gasteiger partial charge in [0.25, 0.3) is 0 Å². The van der Waals surface area contributed by atoms with Crippen LogP contribution in [-0.2, 0) is 6.42 Å². The maximum absolute atomic E-state index is 12.0. The van der Waals surface area contributed by atoms with Crippen LogP contribution in [0.15, 0.2) is 36.5 Å². The molecule has 0 bridgehead atoms. The molecule has 0 saturated carbocycles. The number of amides is 2. The van der Waals surface area contributed by atoms with Crippen LogP contribution < -0.4 is 10.6 Å². The molecule has 0 aromatic carbocycles. The van der Waals surface area contributed by atoms with Gasteiger partial charge < -0.3 is 15.0 Å². The molecule has 5 nitrogen and oxygen atoms in total. The fourth-order valence-corrected chi connectivity index (χ4v) is 2.99. The Morgan fingerprint density at radius 3 is 2.96 bits per heavy atom. The largest absolute Gasteiger partial charge is 0.338 e. The second-order valence-electron chi connectivity index (χ2n) is 6.30. The van der Waals surface area contributed by atoms with Crippen molar-refractivity contribution in [3.63, 3.8) is 0 Å². The summed E-state index contributed by atoms with van der Waals surface area (Å²) in [6.07, 6.45) is 9.05. The van der Waals surface area contributed by atoms with Crippen molar-refractivity contribution in [2.75, 3.05) is 6.54 Å². The number of nitrogens with zero attached hydrogens (tertiary/aromatic N) is 2. The van der Waals surface area contributed by atoms with Crippen molar-refractivity contribution in [2.24, 2.45) is 5.92 Å². The summed E-state index contributed by atoms with van der Waals surface area (Å²) in [5.74, 6) is 0.493. The van der Waals surface area contributed by atoms with Crippen molar-refractivity contribution in [3.8, 4) is 0 Å². The number of aryl methyl sites for hydroxylation is 1. The number of pyridine rings is 1. The van der Waals surface area contributed by atoms with E-state index in [2.05, 4.69) is 52.1 Å². The Balaban J connectivity index is 1.49. The zero-order valence-corrected chi connectivity index (χ0v) is 13.7. The minimum atomic E-state index is -0.0860. The molecule has 5 heteroatoms. The van der Waals surface area contributed by atoms with Crippen molar-refractivity contribution in [2.45, 2.75) is 39.2 Å². The number of aromatic nitrogens is 2. The Morgan fingerprint density at radius 1 is 1.35 bits per heavy atom. The number of urea groups is 1. The molecule has 2 aromatic rings. The van der Waals surface area contributed by atoms with Gasteiger partial charge in [0.05, 0.1) is 5.69 Å². The number of allylic oxidation sites excluding steroid dienone is 1. The van der Waals surface area contributed by atoms with Crippen LogP contribution in [-0.4, -0.2) is 28.0 Å². The van der Waals surface area contributed by atoms with Gasteiger partial charge in [0.15, 0.2) is 0 Å². The lowest BCUT2D eigenvalue weighted by molar-refractivity contribution is 0.231. The first kappa shape index (κ1) is 15.6. The molecule has 2 aromatic heterocycles. The molecule has 2 N–H and O–H groups in total. The summed E-state index contributed by atoms with van der Waals surface area (Å²) in [6, 6.07) is 6.21. The lowest BCUT2D eigenvalue weighted by atomic mass is 9.91. The van der Waals surface area contributed by atoms with Crippen molar-refractivity contribution in [3.05, 3.63) is 47.9 Å². The lowest BCUT2D eigenvalue weighted by Crippen LogP contribution is -2.45. The molecule has 23 heavy (non-hydrogen) atoms. The van der Waals surface area contributed by atoms with Gasteiger partial charge in [-0.05, 0) is 37.8 Å². The summed E-state index contributed by atoms with van der Waals surface area (Å²) in [6.45, 7) is 4.82. The van der Waals surface area contributed by atoms with Gasteiger partial charge in [-0.2, -0.15) is 0 Å². The molecule has 2 atom stereocenters. The van der Waals surface area contributed by atoms with Crippen molar-refractivity contribution in [1.29, 1.82) is 0 Å². The number of hydrogen-bond acceptors (Lipinski definition) is 2. The number of carbonyl (C=O) groups is 1. The number of carbonyl (C=O) groups excluding carboxylic acids is 1. The van der Waals surface area contributed by atoms with Gasteiger partial charge in [-0.15, -0.1) is 0 Å². The minimum absolute atomic E-state index is 0.0860. The van der Waals surface area contributed by atoms with Gasteiger partial charge in [-0.1, -0.05) is 25.1 Å². The second-order valence-corrected chi connectivity index (χ2v) is 6.30. The Bertz CT molecular complexity index is 719. The summed E-state index contributed by atoms with van der Waals surface area (Å²) in [5, 5.41) is 6.00. The molecule has 2 heterocycles. The number of rotatable bonds is 4. The van der Waals surface area contributed by atoms with Crippen LogP contribution in [0, 0.1) is 12.8 Å². The Hall–Kier alpha value is -2.30. The molecule has 0 aliphatic heterocycles.